The van der Waals surface area contributed by atoms with Crippen LogP contribution in [0.1, 0.15) is 91.4 Å². The highest BCUT2D eigenvalue weighted by molar-refractivity contribution is 5.76. The van der Waals surface area contributed by atoms with E-state index in [1.54, 1.807) is 5.57 Å². The van der Waals surface area contributed by atoms with E-state index in [-0.39, 0.29) is 12.1 Å². The highest BCUT2D eigenvalue weighted by Gasteiger charge is 2.59. The van der Waals surface area contributed by atoms with Gasteiger partial charge < -0.3 is 15.7 Å². The molecule has 32 heavy (non-hydrogen) atoms. The quantitative estimate of drug-likeness (QED) is 0.609. The molecule has 0 aromatic rings. The van der Waals surface area contributed by atoms with Gasteiger partial charge in [0.2, 0.25) is 5.91 Å². The van der Waals surface area contributed by atoms with Crippen LogP contribution < -0.4 is 5.73 Å². The molecule has 1 aliphatic heterocycles. The molecular formula is C28H46N2O2. The van der Waals surface area contributed by atoms with Gasteiger partial charge >= 0.3 is 0 Å². The molecule has 0 aromatic carbocycles. The Morgan fingerprint density at radius 1 is 1.19 bits per heavy atom. The topological polar surface area (TPSA) is 66.6 Å². The smallest absolute Gasteiger partial charge is 0.222 e. The Kier molecular flexibility index (Phi) is 6.02. The van der Waals surface area contributed by atoms with Crippen LogP contribution in [-0.2, 0) is 4.79 Å². The standard InChI is InChI=1S/C28H46N2O2/c1-18(4-9-26(32)30-15-12-20(29)17-30)23-7-8-24-22-6-5-19-16-21(31)10-13-27(19,2)25(22)11-14-28(23,24)3/h5,18,20-25,31H,4,6-17,29H2,1-3H3/t18-,20+,21+,22?,23-,24+,25+,27+,28-/m1/s1. The minimum atomic E-state index is -0.115. The first-order valence-corrected chi connectivity index (χ1v) is 13.6. The summed E-state index contributed by atoms with van der Waals surface area (Å²) in [7, 11) is 0. The molecule has 0 spiro atoms. The van der Waals surface area contributed by atoms with Gasteiger partial charge in [-0.25, -0.2) is 0 Å². The summed E-state index contributed by atoms with van der Waals surface area (Å²) in [4.78, 5) is 14.7. The number of aliphatic hydroxyl groups is 1. The molecule has 1 saturated heterocycles. The summed E-state index contributed by atoms with van der Waals surface area (Å²) in [5.41, 5.74) is 8.35. The van der Waals surface area contributed by atoms with Crippen LogP contribution >= 0.6 is 0 Å². The average molecular weight is 443 g/mol. The maximum absolute atomic E-state index is 12.7. The summed E-state index contributed by atoms with van der Waals surface area (Å²) < 4.78 is 0. The molecule has 0 radical (unpaired) electrons. The molecule has 0 aromatic heterocycles. The summed E-state index contributed by atoms with van der Waals surface area (Å²) in [6.07, 6.45) is 14.9. The molecule has 4 heteroatoms. The molecule has 1 amide bonds. The van der Waals surface area contributed by atoms with E-state index in [0.29, 0.717) is 29.1 Å². The Labute approximate surface area is 195 Å². The number of nitrogens with zero attached hydrogens (tertiary/aromatic N) is 1. The van der Waals surface area contributed by atoms with Crippen LogP contribution in [0.2, 0.25) is 0 Å². The van der Waals surface area contributed by atoms with E-state index in [9.17, 15) is 9.90 Å². The number of allylic oxidation sites excluding steroid dienone is 1. The van der Waals surface area contributed by atoms with E-state index < -0.39 is 0 Å². The number of carbonyl (C=O) groups is 1. The van der Waals surface area contributed by atoms with Gasteiger partial charge in [-0.1, -0.05) is 32.4 Å². The van der Waals surface area contributed by atoms with Crippen LogP contribution in [0.15, 0.2) is 11.6 Å². The highest BCUT2D eigenvalue weighted by atomic mass is 16.3. The summed E-state index contributed by atoms with van der Waals surface area (Å²) >= 11 is 0. The Balaban J connectivity index is 1.25. The minimum absolute atomic E-state index is 0.115. The number of carbonyl (C=O) groups excluding carboxylic acids is 1. The van der Waals surface area contributed by atoms with Crippen LogP contribution in [0.3, 0.4) is 0 Å². The summed E-state index contributed by atoms with van der Waals surface area (Å²) in [5, 5.41) is 10.2. The number of rotatable bonds is 4. The van der Waals surface area contributed by atoms with Crippen molar-refractivity contribution in [1.29, 1.82) is 0 Å². The zero-order chi connectivity index (χ0) is 22.7. The Morgan fingerprint density at radius 3 is 2.75 bits per heavy atom. The van der Waals surface area contributed by atoms with Crippen molar-refractivity contribution in [3.63, 3.8) is 0 Å². The molecule has 1 unspecified atom stereocenters. The van der Waals surface area contributed by atoms with Crippen molar-refractivity contribution in [1.82, 2.24) is 4.90 Å². The van der Waals surface area contributed by atoms with Gasteiger partial charge in [-0.15, -0.1) is 0 Å². The molecule has 9 atom stereocenters. The number of hydrogen-bond donors (Lipinski definition) is 2. The van der Waals surface area contributed by atoms with E-state index >= 15 is 0 Å². The second-order valence-electron chi connectivity index (χ2n) is 12.8. The molecule has 4 fully saturated rings. The van der Waals surface area contributed by atoms with Crippen LogP contribution in [0.5, 0.6) is 0 Å². The molecule has 3 saturated carbocycles. The number of hydrogen-bond acceptors (Lipinski definition) is 3. The molecule has 180 valence electrons. The molecule has 1 heterocycles. The van der Waals surface area contributed by atoms with Crippen LogP contribution in [0.4, 0.5) is 0 Å². The predicted octanol–water partition coefficient (Wildman–Crippen LogP) is 4.90. The summed E-state index contributed by atoms with van der Waals surface area (Å²) in [5.74, 6) is 4.17. The van der Waals surface area contributed by atoms with Crippen molar-refractivity contribution in [3.05, 3.63) is 11.6 Å². The third-order valence-corrected chi connectivity index (χ3v) is 11.2. The van der Waals surface area contributed by atoms with Gasteiger partial charge in [0.1, 0.15) is 0 Å². The first-order chi connectivity index (χ1) is 15.2. The SMILES string of the molecule is C[C@H](CCC(=O)N1CC[C@H](N)C1)[C@H]1CC[C@H]2C3CC=C4C[C@@H](O)CC[C@]4(C)[C@H]3CC[C@]12C. The maximum Gasteiger partial charge on any atom is 0.222 e. The van der Waals surface area contributed by atoms with E-state index in [4.69, 9.17) is 5.73 Å². The van der Waals surface area contributed by atoms with Crippen LogP contribution in [0.25, 0.3) is 0 Å². The lowest BCUT2D eigenvalue weighted by molar-refractivity contribution is -0.130. The number of fused-ring (bicyclic) bond motifs is 5. The Hall–Kier alpha value is -0.870. The molecule has 5 aliphatic rings. The van der Waals surface area contributed by atoms with Crippen molar-refractivity contribution in [2.75, 3.05) is 13.1 Å². The molecular weight excluding hydrogens is 396 g/mol. The van der Waals surface area contributed by atoms with Crippen molar-refractivity contribution < 1.29 is 9.90 Å². The maximum atomic E-state index is 12.7. The fourth-order valence-corrected chi connectivity index (χ4v) is 9.34. The fourth-order valence-electron chi connectivity index (χ4n) is 9.34. The number of nitrogens with two attached hydrogens (primary N) is 1. The molecule has 5 rings (SSSR count). The first kappa shape index (κ1) is 22.9. The molecule has 0 bridgehead atoms. The second kappa shape index (κ2) is 8.41. The first-order valence-electron chi connectivity index (χ1n) is 13.6. The van der Waals surface area contributed by atoms with Gasteiger partial charge in [-0.3, -0.25) is 4.79 Å². The van der Waals surface area contributed by atoms with Crippen molar-refractivity contribution in [2.24, 2.45) is 46.2 Å². The predicted molar refractivity (Wildman–Crippen MR) is 129 cm³/mol. The zero-order valence-electron chi connectivity index (χ0n) is 20.7. The molecule has 4 nitrogen and oxygen atoms in total. The van der Waals surface area contributed by atoms with Gasteiger partial charge in [0.25, 0.3) is 0 Å². The third-order valence-electron chi connectivity index (χ3n) is 11.2. The lowest BCUT2D eigenvalue weighted by atomic mass is 9.47. The number of aliphatic hydroxyl groups excluding tert-OH is 1. The lowest BCUT2D eigenvalue weighted by Crippen LogP contribution is -2.50. The largest absolute Gasteiger partial charge is 0.393 e. The minimum Gasteiger partial charge on any atom is -0.393 e. The second-order valence-corrected chi connectivity index (χ2v) is 12.8. The number of likely N-dealkylation sites (tertiary alicyclic amines) is 1. The Bertz CT molecular complexity index is 765. The monoisotopic (exact) mass is 442 g/mol. The third kappa shape index (κ3) is 3.68. The van der Waals surface area contributed by atoms with E-state index in [1.807, 2.05) is 4.90 Å². The van der Waals surface area contributed by atoms with Gasteiger partial charge in [-0.05, 0) is 105 Å². The van der Waals surface area contributed by atoms with E-state index in [1.165, 1.54) is 38.5 Å². The van der Waals surface area contributed by atoms with E-state index in [0.717, 1.165) is 62.4 Å². The molecule has 3 N–H and O–H groups in total. The zero-order valence-corrected chi connectivity index (χ0v) is 20.7. The van der Waals surface area contributed by atoms with Gasteiger partial charge in [0.15, 0.2) is 0 Å². The highest BCUT2D eigenvalue weighted by Crippen LogP contribution is 2.67. The van der Waals surface area contributed by atoms with Crippen molar-refractivity contribution in [2.45, 2.75) is 104 Å². The van der Waals surface area contributed by atoms with Crippen molar-refractivity contribution >= 4 is 5.91 Å². The van der Waals surface area contributed by atoms with Crippen molar-refractivity contribution in [3.8, 4) is 0 Å². The van der Waals surface area contributed by atoms with Gasteiger partial charge in [0, 0.05) is 25.6 Å². The van der Waals surface area contributed by atoms with E-state index in [2.05, 4.69) is 26.8 Å². The normalized spacial score (nSPS) is 46.8. The van der Waals surface area contributed by atoms with Crippen LogP contribution in [-0.4, -0.2) is 41.1 Å². The summed E-state index contributed by atoms with van der Waals surface area (Å²) in [6.45, 7) is 9.16. The average Bonchev–Trinajstić information content (AvgIpc) is 3.35. The Morgan fingerprint density at radius 2 is 2.00 bits per heavy atom. The summed E-state index contributed by atoms with van der Waals surface area (Å²) in [6, 6.07) is 0.181. The fraction of sp³-hybridized carbons (Fsp3) is 0.893. The molecule has 4 aliphatic carbocycles. The van der Waals surface area contributed by atoms with Crippen LogP contribution in [0, 0.1) is 40.4 Å². The lowest BCUT2D eigenvalue weighted by Gasteiger charge is -2.58. The van der Waals surface area contributed by atoms with Gasteiger partial charge in [-0.2, -0.15) is 0 Å². The van der Waals surface area contributed by atoms with Gasteiger partial charge in [0.05, 0.1) is 6.10 Å². The number of amides is 1.